The van der Waals surface area contributed by atoms with E-state index in [4.69, 9.17) is 4.74 Å². The molecule has 0 fully saturated rings. The summed E-state index contributed by atoms with van der Waals surface area (Å²) in [5.74, 6) is -1.06. The van der Waals surface area contributed by atoms with Crippen LogP contribution in [0, 0.1) is 6.92 Å². The van der Waals surface area contributed by atoms with Crippen LogP contribution in [0.25, 0.3) is 0 Å². The number of rotatable bonds is 4. The van der Waals surface area contributed by atoms with Crippen LogP contribution < -0.4 is 5.32 Å². The maximum absolute atomic E-state index is 11.8. The second-order valence-electron chi connectivity index (χ2n) is 5.95. The minimum Gasteiger partial charge on any atom is -0.478 e. The molecule has 0 radical (unpaired) electrons. The van der Waals surface area contributed by atoms with Crippen LogP contribution >= 0.6 is 0 Å². The average molecular weight is 293 g/mol. The Labute approximate surface area is 125 Å². The van der Waals surface area contributed by atoms with Gasteiger partial charge in [0.2, 0.25) is 0 Å². The number of hydrogen-bond acceptors (Lipinski definition) is 3. The molecular formula is C16H23NO4. The molecule has 0 aliphatic carbocycles. The zero-order valence-corrected chi connectivity index (χ0v) is 13.2. The summed E-state index contributed by atoms with van der Waals surface area (Å²) >= 11 is 0. The zero-order valence-electron chi connectivity index (χ0n) is 13.2. The molecule has 0 aliphatic heterocycles. The molecule has 5 nitrogen and oxygen atoms in total. The lowest BCUT2D eigenvalue weighted by Gasteiger charge is -2.21. The lowest BCUT2D eigenvalue weighted by atomic mass is 9.97. The van der Waals surface area contributed by atoms with E-state index < -0.39 is 17.7 Å². The van der Waals surface area contributed by atoms with Crippen LogP contribution in [0.2, 0.25) is 0 Å². The molecule has 1 aromatic rings. The first-order chi connectivity index (χ1) is 9.65. The summed E-state index contributed by atoms with van der Waals surface area (Å²) in [5.41, 5.74) is 1.40. The Hall–Kier alpha value is -2.04. The number of carboxylic acids is 1. The van der Waals surface area contributed by atoms with Gasteiger partial charge in [-0.3, -0.25) is 5.32 Å². The first kappa shape index (κ1) is 17.0. The Kier molecular flexibility index (Phi) is 5.35. The molecule has 0 heterocycles. The molecule has 21 heavy (non-hydrogen) atoms. The monoisotopic (exact) mass is 293 g/mol. The maximum atomic E-state index is 11.8. The van der Waals surface area contributed by atoms with Crippen molar-refractivity contribution >= 4 is 17.7 Å². The second-order valence-corrected chi connectivity index (χ2v) is 5.95. The minimum absolute atomic E-state index is 0.117. The van der Waals surface area contributed by atoms with Crippen molar-refractivity contribution in [2.45, 2.75) is 53.1 Å². The molecule has 2 N–H and O–H groups in total. The van der Waals surface area contributed by atoms with Crippen molar-refractivity contribution in [3.8, 4) is 0 Å². The van der Waals surface area contributed by atoms with Crippen LogP contribution in [0.4, 0.5) is 10.5 Å². The van der Waals surface area contributed by atoms with Crippen LogP contribution in [0.15, 0.2) is 12.1 Å². The van der Waals surface area contributed by atoms with Gasteiger partial charge in [0.25, 0.3) is 0 Å². The van der Waals surface area contributed by atoms with Crippen molar-refractivity contribution in [3.05, 3.63) is 28.8 Å². The van der Waals surface area contributed by atoms with Crippen molar-refractivity contribution in [1.82, 2.24) is 0 Å². The topological polar surface area (TPSA) is 75.6 Å². The lowest BCUT2D eigenvalue weighted by molar-refractivity contribution is 0.0636. The fraction of sp³-hybridized carbons (Fsp3) is 0.500. The number of ether oxygens (including phenoxy) is 1. The highest BCUT2D eigenvalue weighted by Gasteiger charge is 2.21. The third kappa shape index (κ3) is 4.77. The molecule has 0 bridgehead atoms. The normalized spacial score (nSPS) is 11.1. The van der Waals surface area contributed by atoms with E-state index >= 15 is 0 Å². The minimum atomic E-state index is -1.06. The van der Waals surface area contributed by atoms with Crippen LogP contribution in [-0.4, -0.2) is 22.8 Å². The Morgan fingerprint density at radius 1 is 1.29 bits per heavy atom. The predicted molar refractivity (Wildman–Crippen MR) is 82.0 cm³/mol. The largest absolute Gasteiger partial charge is 0.478 e. The van der Waals surface area contributed by atoms with Crippen molar-refractivity contribution in [2.24, 2.45) is 0 Å². The van der Waals surface area contributed by atoms with Gasteiger partial charge in [-0.05, 0) is 51.3 Å². The van der Waals surface area contributed by atoms with Crippen molar-refractivity contribution in [3.63, 3.8) is 0 Å². The van der Waals surface area contributed by atoms with Gasteiger partial charge < -0.3 is 9.84 Å². The number of carboxylic acid groups (broad SMARTS) is 1. The van der Waals surface area contributed by atoms with E-state index in [0.717, 1.165) is 18.4 Å². The Balaban J connectivity index is 3.10. The smallest absolute Gasteiger partial charge is 0.412 e. The van der Waals surface area contributed by atoms with Gasteiger partial charge in [0.1, 0.15) is 5.60 Å². The predicted octanol–water partition coefficient (Wildman–Crippen LogP) is 3.99. The van der Waals surface area contributed by atoms with Gasteiger partial charge in [0.05, 0.1) is 11.3 Å². The second kappa shape index (κ2) is 6.61. The fourth-order valence-corrected chi connectivity index (χ4v) is 2.09. The third-order valence-corrected chi connectivity index (χ3v) is 2.95. The molecular weight excluding hydrogens is 270 g/mol. The number of hydrogen-bond donors (Lipinski definition) is 2. The van der Waals surface area contributed by atoms with E-state index in [0.29, 0.717) is 5.56 Å². The molecule has 1 amide bonds. The van der Waals surface area contributed by atoms with E-state index in [1.54, 1.807) is 33.8 Å². The van der Waals surface area contributed by atoms with Gasteiger partial charge >= 0.3 is 12.1 Å². The number of aryl methyl sites for hydroxylation is 1. The van der Waals surface area contributed by atoms with Crippen molar-refractivity contribution < 1.29 is 19.4 Å². The number of anilines is 1. The van der Waals surface area contributed by atoms with Gasteiger partial charge in [0.15, 0.2) is 0 Å². The standard InChI is InChI=1S/C16H23NO4/c1-6-7-11-8-9-12(13(10(11)2)14(18)19)17-15(20)21-16(3,4)5/h8-9H,6-7H2,1-5H3,(H,17,20)(H,18,19). The van der Waals surface area contributed by atoms with E-state index in [-0.39, 0.29) is 11.3 Å². The first-order valence-electron chi connectivity index (χ1n) is 7.01. The number of nitrogens with one attached hydrogen (secondary N) is 1. The SMILES string of the molecule is CCCc1ccc(NC(=O)OC(C)(C)C)c(C(=O)O)c1C. The molecule has 5 heteroatoms. The molecule has 0 saturated heterocycles. The lowest BCUT2D eigenvalue weighted by Crippen LogP contribution is -2.28. The third-order valence-electron chi connectivity index (χ3n) is 2.95. The van der Waals surface area contributed by atoms with Crippen LogP contribution in [-0.2, 0) is 11.2 Å². The van der Waals surface area contributed by atoms with Crippen LogP contribution in [0.5, 0.6) is 0 Å². The Bertz CT molecular complexity index is 544. The van der Waals surface area contributed by atoms with E-state index in [2.05, 4.69) is 5.32 Å². The Morgan fingerprint density at radius 2 is 1.90 bits per heavy atom. The molecule has 1 rings (SSSR count). The zero-order chi connectivity index (χ0) is 16.2. The molecule has 0 saturated carbocycles. The summed E-state index contributed by atoms with van der Waals surface area (Å²) in [6.45, 7) is 9.04. The van der Waals surface area contributed by atoms with Crippen LogP contribution in [0.3, 0.4) is 0 Å². The average Bonchev–Trinajstić information content (AvgIpc) is 2.29. The number of carbonyl (C=O) groups excluding carboxylic acids is 1. The van der Waals surface area contributed by atoms with Crippen molar-refractivity contribution in [1.29, 1.82) is 0 Å². The summed E-state index contributed by atoms with van der Waals surface area (Å²) in [5, 5.41) is 11.9. The summed E-state index contributed by atoms with van der Waals surface area (Å²) in [4.78, 5) is 23.3. The molecule has 0 unspecified atom stereocenters. The molecule has 0 atom stereocenters. The van der Waals surface area contributed by atoms with E-state index in [9.17, 15) is 14.7 Å². The van der Waals surface area contributed by atoms with Gasteiger partial charge in [0, 0.05) is 0 Å². The summed E-state index contributed by atoms with van der Waals surface area (Å²) in [7, 11) is 0. The van der Waals surface area contributed by atoms with Crippen LogP contribution in [0.1, 0.15) is 55.6 Å². The fourth-order valence-electron chi connectivity index (χ4n) is 2.09. The highest BCUT2D eigenvalue weighted by atomic mass is 16.6. The van der Waals surface area contributed by atoms with Crippen molar-refractivity contribution in [2.75, 3.05) is 5.32 Å². The van der Waals surface area contributed by atoms with Gasteiger partial charge in [-0.25, -0.2) is 9.59 Å². The number of amides is 1. The van der Waals surface area contributed by atoms with E-state index in [1.165, 1.54) is 0 Å². The summed E-state index contributed by atoms with van der Waals surface area (Å²) in [6, 6.07) is 3.46. The van der Waals surface area contributed by atoms with Gasteiger partial charge in [-0.1, -0.05) is 19.4 Å². The number of benzene rings is 1. The molecule has 0 aliphatic rings. The van der Waals surface area contributed by atoms with E-state index in [1.807, 2.05) is 13.0 Å². The molecule has 116 valence electrons. The highest BCUT2D eigenvalue weighted by molar-refractivity contribution is 6.00. The van der Waals surface area contributed by atoms with Gasteiger partial charge in [-0.2, -0.15) is 0 Å². The molecule has 0 spiro atoms. The Morgan fingerprint density at radius 3 is 2.38 bits per heavy atom. The van der Waals surface area contributed by atoms with Gasteiger partial charge in [-0.15, -0.1) is 0 Å². The molecule has 0 aromatic heterocycles. The summed E-state index contributed by atoms with van der Waals surface area (Å²) < 4.78 is 5.15. The molecule has 1 aromatic carbocycles. The first-order valence-corrected chi connectivity index (χ1v) is 7.01. The highest BCUT2D eigenvalue weighted by Crippen LogP contribution is 2.25. The number of carbonyl (C=O) groups is 2. The maximum Gasteiger partial charge on any atom is 0.412 e. The number of aromatic carboxylic acids is 1. The summed E-state index contributed by atoms with van der Waals surface area (Å²) in [6.07, 6.45) is 1.07. The quantitative estimate of drug-likeness (QED) is 0.880.